The predicted octanol–water partition coefficient (Wildman–Crippen LogP) is 4.91. The average Bonchev–Trinajstić information content (AvgIpc) is 3.30. The molecule has 0 spiro atoms. The molecule has 1 aliphatic heterocycles. The van der Waals surface area contributed by atoms with Crippen molar-refractivity contribution >= 4 is 28.7 Å². The van der Waals surface area contributed by atoms with Crippen molar-refractivity contribution in [1.29, 1.82) is 0 Å². The van der Waals surface area contributed by atoms with E-state index < -0.39 is 0 Å². The lowest BCUT2D eigenvalue weighted by molar-refractivity contribution is 0.101. The molecule has 0 atom stereocenters. The molecule has 1 aliphatic rings. The van der Waals surface area contributed by atoms with Crippen LogP contribution in [0.3, 0.4) is 0 Å². The average molecular weight is 379 g/mol. The van der Waals surface area contributed by atoms with Crippen LogP contribution in [0.4, 0.5) is 5.69 Å². The van der Waals surface area contributed by atoms with Gasteiger partial charge in [-0.3, -0.25) is 9.59 Å². The summed E-state index contributed by atoms with van der Waals surface area (Å²) in [6.45, 7) is 3.58. The van der Waals surface area contributed by atoms with Crippen molar-refractivity contribution in [1.82, 2.24) is 0 Å². The summed E-state index contributed by atoms with van der Waals surface area (Å²) >= 11 is 1.36. The number of amides is 1. The summed E-state index contributed by atoms with van der Waals surface area (Å²) in [5, 5.41) is 4.75. The van der Waals surface area contributed by atoms with Crippen LogP contribution in [0.5, 0.6) is 11.5 Å². The third kappa shape index (κ3) is 3.31. The Morgan fingerprint density at radius 3 is 2.44 bits per heavy atom. The van der Waals surface area contributed by atoms with Crippen molar-refractivity contribution in [3.63, 3.8) is 0 Å². The van der Waals surface area contributed by atoms with Gasteiger partial charge in [-0.25, -0.2) is 0 Å². The first kappa shape index (κ1) is 17.3. The summed E-state index contributed by atoms with van der Waals surface area (Å²) in [4.78, 5) is 25.5. The Balaban J connectivity index is 1.67. The fourth-order valence-corrected chi connectivity index (χ4v) is 3.77. The molecular weight excluding hydrogens is 362 g/mol. The number of Topliss-reactive ketones (excluding diaryl/α,β-unsaturated/α-hetero) is 1. The maximum absolute atomic E-state index is 12.9. The van der Waals surface area contributed by atoms with E-state index in [1.54, 1.807) is 12.1 Å². The number of hydrogen-bond donors (Lipinski definition) is 1. The van der Waals surface area contributed by atoms with Crippen molar-refractivity contribution in [3.8, 4) is 22.6 Å². The van der Waals surface area contributed by atoms with Crippen LogP contribution >= 0.6 is 11.3 Å². The smallest absolute Gasteiger partial charge is 0.266 e. The molecule has 1 aromatic heterocycles. The zero-order chi connectivity index (χ0) is 19.0. The van der Waals surface area contributed by atoms with E-state index in [-0.39, 0.29) is 18.5 Å². The number of fused-ring (bicyclic) bond motifs is 1. The second-order valence-corrected chi connectivity index (χ2v) is 7.21. The molecule has 0 saturated carbocycles. The van der Waals surface area contributed by atoms with Crippen LogP contribution in [0, 0.1) is 6.92 Å². The first-order chi connectivity index (χ1) is 13.0. The number of ketones is 1. The number of aryl methyl sites for hydroxylation is 1. The quantitative estimate of drug-likeness (QED) is 0.655. The van der Waals surface area contributed by atoms with Gasteiger partial charge in [-0.15, -0.1) is 11.3 Å². The SMILES string of the molecule is CC(=O)c1cc2c(cc1NC(=O)c1sccc1-c1ccc(C)cc1)OCO2. The lowest BCUT2D eigenvalue weighted by atomic mass is 10.0. The Hall–Kier alpha value is -3.12. The topological polar surface area (TPSA) is 64.6 Å². The third-order valence-corrected chi connectivity index (χ3v) is 5.29. The molecule has 0 bridgehead atoms. The van der Waals surface area contributed by atoms with Crippen molar-refractivity contribution in [2.24, 2.45) is 0 Å². The molecule has 0 radical (unpaired) electrons. The third-order valence-electron chi connectivity index (χ3n) is 4.37. The van der Waals surface area contributed by atoms with Gasteiger partial charge in [0, 0.05) is 17.2 Å². The molecule has 0 fully saturated rings. The van der Waals surface area contributed by atoms with E-state index in [0.29, 0.717) is 27.6 Å². The normalized spacial score (nSPS) is 12.1. The predicted molar refractivity (Wildman–Crippen MR) is 105 cm³/mol. The highest BCUT2D eigenvalue weighted by Gasteiger charge is 2.22. The monoisotopic (exact) mass is 379 g/mol. The Kier molecular flexibility index (Phi) is 4.41. The van der Waals surface area contributed by atoms with Crippen molar-refractivity contribution in [2.45, 2.75) is 13.8 Å². The van der Waals surface area contributed by atoms with Crippen molar-refractivity contribution in [3.05, 3.63) is 63.8 Å². The summed E-state index contributed by atoms with van der Waals surface area (Å²) in [5.74, 6) is 0.602. The molecule has 3 aromatic rings. The highest BCUT2D eigenvalue weighted by molar-refractivity contribution is 7.12. The van der Waals surface area contributed by atoms with Crippen LogP contribution in [-0.2, 0) is 0 Å². The Labute approximate surface area is 160 Å². The molecule has 4 rings (SSSR count). The van der Waals surface area contributed by atoms with Gasteiger partial charge in [0.05, 0.1) is 10.6 Å². The molecule has 2 heterocycles. The van der Waals surface area contributed by atoms with Crippen LogP contribution < -0.4 is 14.8 Å². The van der Waals surface area contributed by atoms with Gasteiger partial charge in [0.2, 0.25) is 6.79 Å². The summed E-state index contributed by atoms with van der Waals surface area (Å²) < 4.78 is 10.7. The highest BCUT2D eigenvalue weighted by atomic mass is 32.1. The molecule has 1 amide bonds. The van der Waals surface area contributed by atoms with Gasteiger partial charge in [-0.1, -0.05) is 29.8 Å². The number of nitrogens with one attached hydrogen (secondary N) is 1. The van der Waals surface area contributed by atoms with E-state index in [1.807, 2.05) is 42.6 Å². The number of hydrogen-bond acceptors (Lipinski definition) is 5. The van der Waals surface area contributed by atoms with Gasteiger partial charge in [-0.05, 0) is 36.9 Å². The fraction of sp³-hybridized carbons (Fsp3) is 0.143. The maximum atomic E-state index is 12.9. The molecule has 6 heteroatoms. The number of ether oxygens (including phenoxy) is 2. The number of rotatable bonds is 4. The second kappa shape index (κ2) is 6.89. The number of carbonyl (C=O) groups is 2. The number of benzene rings is 2. The van der Waals surface area contributed by atoms with Crippen LogP contribution in [0.25, 0.3) is 11.1 Å². The first-order valence-corrected chi connectivity index (χ1v) is 9.31. The van der Waals surface area contributed by atoms with Gasteiger partial charge < -0.3 is 14.8 Å². The lowest BCUT2D eigenvalue weighted by Gasteiger charge is -2.11. The Morgan fingerprint density at radius 1 is 1.04 bits per heavy atom. The zero-order valence-electron chi connectivity index (χ0n) is 14.9. The minimum atomic E-state index is -0.262. The van der Waals surface area contributed by atoms with Gasteiger partial charge >= 0.3 is 0 Å². The standard InChI is InChI=1S/C21H17NO4S/c1-12-3-5-14(6-4-12)15-7-8-27-20(15)21(24)22-17-10-19-18(25-11-26-19)9-16(17)13(2)23/h3-10H,11H2,1-2H3,(H,22,24). The van der Waals surface area contributed by atoms with E-state index in [0.717, 1.165) is 16.7 Å². The molecule has 27 heavy (non-hydrogen) atoms. The summed E-state index contributed by atoms with van der Waals surface area (Å²) in [7, 11) is 0. The molecule has 1 N–H and O–H groups in total. The van der Waals surface area contributed by atoms with E-state index >= 15 is 0 Å². The second-order valence-electron chi connectivity index (χ2n) is 6.29. The van der Waals surface area contributed by atoms with Crippen LogP contribution in [0.15, 0.2) is 47.8 Å². The summed E-state index contributed by atoms with van der Waals surface area (Å²) in [6, 6.07) is 13.2. The van der Waals surface area contributed by atoms with Gasteiger partial charge in [-0.2, -0.15) is 0 Å². The first-order valence-electron chi connectivity index (χ1n) is 8.43. The van der Waals surface area contributed by atoms with E-state index in [9.17, 15) is 9.59 Å². The van der Waals surface area contributed by atoms with Gasteiger partial charge in [0.15, 0.2) is 17.3 Å². The summed E-state index contributed by atoms with van der Waals surface area (Å²) in [5.41, 5.74) is 3.81. The maximum Gasteiger partial charge on any atom is 0.266 e. The number of thiophene rings is 1. The van der Waals surface area contributed by atoms with Crippen molar-refractivity contribution < 1.29 is 19.1 Å². The van der Waals surface area contributed by atoms with E-state index in [2.05, 4.69) is 5.32 Å². The molecule has 0 saturated heterocycles. The van der Waals surface area contributed by atoms with E-state index in [1.165, 1.54) is 18.3 Å². The van der Waals surface area contributed by atoms with Crippen LogP contribution in [0.1, 0.15) is 32.5 Å². The fourth-order valence-electron chi connectivity index (χ4n) is 2.96. The van der Waals surface area contributed by atoms with Crippen molar-refractivity contribution in [2.75, 3.05) is 12.1 Å². The largest absolute Gasteiger partial charge is 0.454 e. The van der Waals surface area contributed by atoms with E-state index in [4.69, 9.17) is 9.47 Å². The minimum absolute atomic E-state index is 0.104. The zero-order valence-corrected chi connectivity index (χ0v) is 15.7. The molecule has 5 nitrogen and oxygen atoms in total. The van der Waals surface area contributed by atoms with Gasteiger partial charge in [0.25, 0.3) is 5.91 Å². The molecule has 136 valence electrons. The van der Waals surface area contributed by atoms with Crippen LogP contribution in [0.2, 0.25) is 0 Å². The Bertz CT molecular complexity index is 1040. The van der Waals surface area contributed by atoms with Crippen LogP contribution in [-0.4, -0.2) is 18.5 Å². The number of anilines is 1. The molecule has 0 aliphatic carbocycles. The van der Waals surface area contributed by atoms with Gasteiger partial charge in [0.1, 0.15) is 0 Å². The highest BCUT2D eigenvalue weighted by Crippen LogP contribution is 2.38. The Morgan fingerprint density at radius 2 is 1.74 bits per heavy atom. The minimum Gasteiger partial charge on any atom is -0.454 e. The molecule has 2 aromatic carbocycles. The molecule has 0 unspecified atom stereocenters. The molecular formula is C21H17NO4S. The number of carbonyl (C=O) groups excluding carboxylic acids is 2. The summed E-state index contributed by atoms with van der Waals surface area (Å²) in [6.07, 6.45) is 0. The lowest BCUT2D eigenvalue weighted by Crippen LogP contribution is -2.14.